The lowest BCUT2D eigenvalue weighted by Gasteiger charge is -2.42. The number of hydrogen-bond donors (Lipinski definition) is 2. The summed E-state index contributed by atoms with van der Waals surface area (Å²) in [5.41, 5.74) is 1.23. The van der Waals surface area contributed by atoms with Crippen LogP contribution in [-0.2, 0) is 11.2 Å². The summed E-state index contributed by atoms with van der Waals surface area (Å²) in [6, 6.07) is 8.77. The van der Waals surface area contributed by atoms with Gasteiger partial charge in [-0.25, -0.2) is 9.18 Å². The molecule has 2 aliphatic heterocycles. The number of hydrogen-bond acceptors (Lipinski definition) is 5. The van der Waals surface area contributed by atoms with Crippen molar-refractivity contribution in [2.24, 2.45) is 0 Å². The van der Waals surface area contributed by atoms with Crippen LogP contribution in [0.15, 0.2) is 36.4 Å². The molecule has 3 aromatic rings. The normalized spacial score (nSPS) is 22.0. The Hall–Kier alpha value is -3.59. The second-order valence-corrected chi connectivity index (χ2v) is 9.38. The number of halogens is 1. The molecule has 0 spiro atoms. The van der Waals surface area contributed by atoms with Crippen LogP contribution >= 0.6 is 0 Å². The summed E-state index contributed by atoms with van der Waals surface area (Å²) in [6.45, 7) is 2.51. The van der Waals surface area contributed by atoms with E-state index in [-0.39, 0.29) is 30.4 Å². The number of imide groups is 1. The molecule has 1 saturated heterocycles. The second-order valence-electron chi connectivity index (χ2n) is 9.38. The van der Waals surface area contributed by atoms with E-state index in [2.05, 4.69) is 4.98 Å². The van der Waals surface area contributed by atoms with Crippen LogP contribution < -0.4 is 4.74 Å². The van der Waals surface area contributed by atoms with E-state index >= 15 is 4.39 Å². The number of aromatic amines is 1. The minimum absolute atomic E-state index is 0.0396. The molecule has 3 heterocycles. The molecule has 1 aromatic heterocycles. The largest absolute Gasteiger partial charge is 0.508 e. The van der Waals surface area contributed by atoms with Crippen molar-refractivity contribution in [1.82, 2.24) is 19.7 Å². The van der Waals surface area contributed by atoms with Crippen LogP contribution in [0.5, 0.6) is 11.5 Å². The molecule has 34 heavy (non-hydrogen) atoms. The molecule has 178 valence electrons. The number of methoxy groups -OCH3 is 1. The van der Waals surface area contributed by atoms with Crippen LogP contribution in [0.25, 0.3) is 10.9 Å². The predicted molar refractivity (Wildman–Crippen MR) is 124 cm³/mol. The van der Waals surface area contributed by atoms with Gasteiger partial charge in [0.05, 0.1) is 7.11 Å². The summed E-state index contributed by atoms with van der Waals surface area (Å²) >= 11 is 0. The van der Waals surface area contributed by atoms with E-state index in [1.54, 1.807) is 48.2 Å². The summed E-state index contributed by atoms with van der Waals surface area (Å²) < 4.78 is 20.6. The number of benzene rings is 2. The van der Waals surface area contributed by atoms with Gasteiger partial charge in [-0.3, -0.25) is 14.6 Å². The van der Waals surface area contributed by atoms with Gasteiger partial charge in [-0.05, 0) is 56.4 Å². The zero-order valence-electron chi connectivity index (χ0n) is 19.6. The van der Waals surface area contributed by atoms with Crippen molar-refractivity contribution in [2.75, 3.05) is 34.3 Å². The molecule has 3 amide bonds. The minimum Gasteiger partial charge on any atom is -0.508 e. The summed E-state index contributed by atoms with van der Waals surface area (Å²) in [7, 11) is 5.16. The van der Waals surface area contributed by atoms with Gasteiger partial charge in [-0.2, -0.15) is 0 Å². The number of nitrogens with one attached hydrogen (secondary N) is 1. The highest BCUT2D eigenvalue weighted by atomic mass is 19.1. The minimum atomic E-state index is -1.21. The van der Waals surface area contributed by atoms with Gasteiger partial charge in [0, 0.05) is 36.1 Å². The van der Waals surface area contributed by atoms with Crippen molar-refractivity contribution in [1.29, 1.82) is 0 Å². The van der Waals surface area contributed by atoms with E-state index in [0.29, 0.717) is 34.3 Å². The Morgan fingerprint density at radius 2 is 2.03 bits per heavy atom. The zero-order valence-corrected chi connectivity index (χ0v) is 19.6. The van der Waals surface area contributed by atoms with Crippen molar-refractivity contribution < 1.29 is 23.8 Å². The monoisotopic (exact) mass is 466 g/mol. The van der Waals surface area contributed by atoms with E-state index in [1.807, 2.05) is 19.0 Å². The molecule has 0 bridgehead atoms. The van der Waals surface area contributed by atoms with Gasteiger partial charge < -0.3 is 19.7 Å². The van der Waals surface area contributed by atoms with Crippen molar-refractivity contribution in [3.8, 4) is 11.5 Å². The highest BCUT2D eigenvalue weighted by Gasteiger charge is 2.60. The molecule has 2 N–H and O–H groups in total. The number of likely N-dealkylation sites (N-methyl/N-ethyl adjacent to an activating group) is 1. The summed E-state index contributed by atoms with van der Waals surface area (Å²) in [5.74, 6) is -0.673. The summed E-state index contributed by atoms with van der Waals surface area (Å²) in [5, 5.41) is 10.5. The van der Waals surface area contributed by atoms with Crippen LogP contribution in [0.2, 0.25) is 0 Å². The van der Waals surface area contributed by atoms with Gasteiger partial charge >= 0.3 is 6.03 Å². The van der Waals surface area contributed by atoms with Crippen LogP contribution in [-0.4, -0.2) is 76.6 Å². The van der Waals surface area contributed by atoms with Gasteiger partial charge in [0.2, 0.25) is 0 Å². The molecule has 2 aromatic carbocycles. The number of carbonyl (C=O) groups is 2. The number of carbonyl (C=O) groups excluding carboxylic acids is 2. The van der Waals surface area contributed by atoms with Gasteiger partial charge in [0.15, 0.2) is 11.6 Å². The Labute approximate surface area is 196 Å². The molecule has 2 unspecified atom stereocenters. The number of urea groups is 1. The third-order valence-corrected chi connectivity index (χ3v) is 6.91. The van der Waals surface area contributed by atoms with Gasteiger partial charge in [-0.15, -0.1) is 0 Å². The predicted octanol–water partition coefficient (Wildman–Crippen LogP) is 3.25. The number of phenolic OH excluding ortho intramolecular Hbond substituents is 1. The molecule has 0 radical (unpaired) electrons. The lowest BCUT2D eigenvalue weighted by molar-refractivity contribution is -0.133. The number of rotatable bonds is 5. The number of phenols is 1. The van der Waals surface area contributed by atoms with E-state index in [0.717, 1.165) is 0 Å². The summed E-state index contributed by atoms with van der Waals surface area (Å²) in [6.07, 6.45) is 0.158. The quantitative estimate of drug-likeness (QED) is 0.564. The fourth-order valence-electron chi connectivity index (χ4n) is 5.25. The number of H-pyrrole nitrogens is 1. The average molecular weight is 467 g/mol. The third kappa shape index (κ3) is 3.07. The highest BCUT2D eigenvalue weighted by molar-refractivity contribution is 6.08. The van der Waals surface area contributed by atoms with Crippen molar-refractivity contribution in [2.45, 2.75) is 24.9 Å². The number of nitrogens with zero attached hydrogens (tertiary/aromatic N) is 3. The molecule has 1 fully saturated rings. The summed E-state index contributed by atoms with van der Waals surface area (Å²) in [4.78, 5) is 35.4. The molecule has 8 nitrogen and oxygen atoms in total. The van der Waals surface area contributed by atoms with E-state index in [1.165, 1.54) is 12.0 Å². The SMILES string of the molecule is COc1ccc2[nH]c3c(c2c1F)CC1(C)C(=O)N(CCN(C)C)C(=O)N1C3c1cccc(O)c1. The highest BCUT2D eigenvalue weighted by Crippen LogP contribution is 2.49. The van der Waals surface area contributed by atoms with Gasteiger partial charge in [-0.1, -0.05) is 12.1 Å². The molecule has 2 aliphatic rings. The first kappa shape index (κ1) is 22.2. The standard InChI is InChI=1S/C25H27FN4O4/c1-25-13-16-19-17(8-9-18(34-4)20(19)26)27-21(16)22(14-6-5-7-15(31)12-14)30(25)24(33)29(23(25)32)11-10-28(2)3/h5-9,12,22,27,31H,10-11,13H2,1-4H3. The number of fused-ring (bicyclic) bond motifs is 4. The fraction of sp³-hybridized carbons (Fsp3) is 0.360. The second kappa shape index (κ2) is 7.73. The van der Waals surface area contributed by atoms with Crippen LogP contribution in [0.4, 0.5) is 9.18 Å². The van der Waals surface area contributed by atoms with E-state index < -0.39 is 23.4 Å². The lowest BCUT2D eigenvalue weighted by Crippen LogP contribution is -2.53. The first-order chi connectivity index (χ1) is 16.2. The smallest absolute Gasteiger partial charge is 0.328 e. The molecule has 0 saturated carbocycles. The van der Waals surface area contributed by atoms with Crippen molar-refractivity contribution >= 4 is 22.8 Å². The lowest BCUT2D eigenvalue weighted by atomic mass is 9.81. The molecular formula is C25H27FN4O4. The topological polar surface area (TPSA) is 89.1 Å². The number of amides is 3. The fourth-order valence-corrected chi connectivity index (χ4v) is 5.25. The Bertz CT molecular complexity index is 1320. The molecule has 2 atom stereocenters. The Balaban J connectivity index is 1.75. The van der Waals surface area contributed by atoms with Crippen molar-refractivity contribution in [3.63, 3.8) is 0 Å². The van der Waals surface area contributed by atoms with Gasteiger partial charge in [0.25, 0.3) is 5.91 Å². The molecular weight excluding hydrogens is 439 g/mol. The number of aromatic nitrogens is 1. The number of ether oxygens (including phenoxy) is 1. The van der Waals surface area contributed by atoms with E-state index in [9.17, 15) is 14.7 Å². The zero-order chi connectivity index (χ0) is 24.4. The number of aromatic hydroxyl groups is 1. The van der Waals surface area contributed by atoms with Gasteiger partial charge in [0.1, 0.15) is 17.3 Å². The first-order valence-electron chi connectivity index (χ1n) is 11.1. The maximum atomic E-state index is 15.4. The Morgan fingerprint density at radius 3 is 2.71 bits per heavy atom. The Morgan fingerprint density at radius 1 is 1.26 bits per heavy atom. The molecule has 0 aliphatic carbocycles. The van der Waals surface area contributed by atoms with Crippen molar-refractivity contribution in [3.05, 3.63) is 59.0 Å². The van der Waals surface area contributed by atoms with Crippen LogP contribution in [0, 0.1) is 5.82 Å². The maximum Gasteiger partial charge on any atom is 0.328 e. The molecule has 9 heteroatoms. The molecule has 5 rings (SSSR count). The maximum absolute atomic E-state index is 15.4. The van der Waals surface area contributed by atoms with Crippen LogP contribution in [0.1, 0.15) is 29.8 Å². The third-order valence-electron chi connectivity index (χ3n) is 6.91. The average Bonchev–Trinajstić information content (AvgIpc) is 3.24. The first-order valence-corrected chi connectivity index (χ1v) is 11.1. The Kier molecular flexibility index (Phi) is 5.05. The van der Waals surface area contributed by atoms with Crippen LogP contribution in [0.3, 0.4) is 0 Å². The van der Waals surface area contributed by atoms with E-state index in [4.69, 9.17) is 4.74 Å².